The number of aromatic nitrogens is 2. The van der Waals surface area contributed by atoms with Gasteiger partial charge in [0.05, 0.1) is 13.3 Å². The monoisotopic (exact) mass is 332 g/mol. The molecule has 7 nitrogen and oxygen atoms in total. The van der Waals surface area contributed by atoms with Crippen LogP contribution in [-0.2, 0) is 4.74 Å². The van der Waals surface area contributed by atoms with Crippen LogP contribution in [0.4, 0.5) is 10.6 Å². The predicted molar refractivity (Wildman–Crippen MR) is 91.8 cm³/mol. The number of piperazine rings is 1. The number of amides is 1. The van der Waals surface area contributed by atoms with E-state index in [-0.39, 0.29) is 6.09 Å². The molecular weight excluding hydrogens is 308 g/mol. The van der Waals surface area contributed by atoms with Crippen molar-refractivity contribution in [3.63, 3.8) is 0 Å². The smallest absolute Gasteiger partial charge is 0.410 e. The van der Waals surface area contributed by atoms with Crippen LogP contribution in [0.3, 0.4) is 0 Å². The van der Waals surface area contributed by atoms with E-state index in [1.807, 2.05) is 43.5 Å². The summed E-state index contributed by atoms with van der Waals surface area (Å²) in [6.45, 7) is 8.38. The molecule has 3 heterocycles. The van der Waals surface area contributed by atoms with E-state index in [9.17, 15) is 4.79 Å². The fourth-order valence-corrected chi connectivity index (χ4v) is 2.84. The number of rotatable bonds is 2. The molecule has 1 amide bonds. The van der Waals surface area contributed by atoms with E-state index in [1.165, 1.54) is 0 Å². The summed E-state index contributed by atoms with van der Waals surface area (Å²) in [5, 5.41) is 4.39. The van der Waals surface area contributed by atoms with Crippen molar-refractivity contribution >= 4 is 17.4 Å². The lowest BCUT2D eigenvalue weighted by Gasteiger charge is -2.36. The molecular formula is C17H24N4O3. The van der Waals surface area contributed by atoms with E-state index in [1.54, 1.807) is 18.2 Å². The van der Waals surface area contributed by atoms with Gasteiger partial charge >= 0.3 is 6.09 Å². The normalized spacial score (nSPS) is 15.7. The SMILES string of the molecule is COc1ccc(N2CCN(C(=O)OC(C)(C)C)CC2)n2nccc12. The number of carbonyl (C=O) groups is 1. The fourth-order valence-electron chi connectivity index (χ4n) is 2.84. The number of hydrogen-bond donors (Lipinski definition) is 0. The molecule has 0 bridgehead atoms. The summed E-state index contributed by atoms with van der Waals surface area (Å²) in [5.74, 6) is 1.79. The first-order valence-electron chi connectivity index (χ1n) is 8.12. The molecule has 3 rings (SSSR count). The van der Waals surface area contributed by atoms with Crippen LogP contribution in [0.15, 0.2) is 24.4 Å². The van der Waals surface area contributed by atoms with Crippen molar-refractivity contribution in [1.29, 1.82) is 0 Å². The highest BCUT2D eigenvalue weighted by molar-refractivity contribution is 5.69. The highest BCUT2D eigenvalue weighted by atomic mass is 16.6. The van der Waals surface area contributed by atoms with Crippen LogP contribution < -0.4 is 9.64 Å². The zero-order valence-electron chi connectivity index (χ0n) is 14.7. The van der Waals surface area contributed by atoms with Gasteiger partial charge in [0.1, 0.15) is 22.7 Å². The molecule has 1 saturated heterocycles. The number of anilines is 1. The van der Waals surface area contributed by atoms with Gasteiger partial charge in [-0.1, -0.05) is 0 Å². The minimum atomic E-state index is -0.467. The summed E-state index contributed by atoms with van der Waals surface area (Å²) in [6, 6.07) is 5.88. The van der Waals surface area contributed by atoms with E-state index in [2.05, 4.69) is 10.00 Å². The molecule has 2 aromatic heterocycles. The molecule has 0 atom stereocenters. The van der Waals surface area contributed by atoms with Gasteiger partial charge in [0.25, 0.3) is 0 Å². The van der Waals surface area contributed by atoms with Crippen molar-refractivity contribution in [2.24, 2.45) is 0 Å². The molecule has 2 aromatic rings. The second kappa shape index (κ2) is 6.22. The van der Waals surface area contributed by atoms with E-state index >= 15 is 0 Å². The van der Waals surface area contributed by atoms with Crippen LogP contribution in [0.1, 0.15) is 20.8 Å². The Balaban J connectivity index is 1.71. The third kappa shape index (κ3) is 3.25. The summed E-state index contributed by atoms with van der Waals surface area (Å²) in [7, 11) is 1.65. The van der Waals surface area contributed by atoms with Gasteiger partial charge in [0.15, 0.2) is 0 Å². The van der Waals surface area contributed by atoms with Crippen LogP contribution in [-0.4, -0.2) is 59.5 Å². The Kier molecular flexibility index (Phi) is 4.26. The van der Waals surface area contributed by atoms with Gasteiger partial charge in [-0.2, -0.15) is 5.10 Å². The maximum atomic E-state index is 12.2. The number of carbonyl (C=O) groups excluding carboxylic acids is 1. The zero-order valence-corrected chi connectivity index (χ0v) is 14.7. The maximum absolute atomic E-state index is 12.2. The Labute approximate surface area is 141 Å². The highest BCUT2D eigenvalue weighted by Crippen LogP contribution is 2.26. The lowest BCUT2D eigenvalue weighted by molar-refractivity contribution is 0.0240. The standard InChI is InChI=1S/C17H24N4O3/c1-17(2,3)24-16(22)20-11-9-19(10-12-20)15-6-5-14(23-4)13-7-8-18-21(13)15/h5-8H,9-12H2,1-4H3. The molecule has 24 heavy (non-hydrogen) atoms. The lowest BCUT2D eigenvalue weighted by atomic mass is 10.2. The maximum Gasteiger partial charge on any atom is 0.410 e. The molecule has 0 saturated carbocycles. The number of hydrogen-bond acceptors (Lipinski definition) is 5. The number of nitrogens with zero attached hydrogens (tertiary/aromatic N) is 4. The van der Waals surface area contributed by atoms with Crippen LogP contribution in [0.5, 0.6) is 5.75 Å². The van der Waals surface area contributed by atoms with E-state index < -0.39 is 5.60 Å². The van der Waals surface area contributed by atoms with Crippen molar-refractivity contribution in [3.05, 3.63) is 24.4 Å². The van der Waals surface area contributed by atoms with Gasteiger partial charge in [-0.15, -0.1) is 0 Å². The Morgan fingerprint density at radius 2 is 1.83 bits per heavy atom. The average molecular weight is 332 g/mol. The fraction of sp³-hybridized carbons (Fsp3) is 0.529. The molecule has 1 aliphatic rings. The first-order valence-corrected chi connectivity index (χ1v) is 8.12. The van der Waals surface area contributed by atoms with E-state index in [4.69, 9.17) is 9.47 Å². The Morgan fingerprint density at radius 1 is 1.12 bits per heavy atom. The third-order valence-corrected chi connectivity index (χ3v) is 3.97. The molecule has 1 fully saturated rings. The second-order valence-corrected chi connectivity index (χ2v) is 6.84. The Bertz CT molecular complexity index is 727. The summed E-state index contributed by atoms with van der Waals surface area (Å²) in [6.07, 6.45) is 1.51. The average Bonchev–Trinajstić information content (AvgIpc) is 3.02. The van der Waals surface area contributed by atoms with Crippen molar-refractivity contribution in [2.75, 3.05) is 38.2 Å². The first-order chi connectivity index (χ1) is 11.4. The first kappa shape index (κ1) is 16.4. The summed E-state index contributed by atoms with van der Waals surface area (Å²) < 4.78 is 12.7. The number of pyridine rings is 1. The van der Waals surface area contributed by atoms with E-state index in [0.29, 0.717) is 13.1 Å². The predicted octanol–water partition coefficient (Wildman–Crippen LogP) is 2.40. The van der Waals surface area contributed by atoms with Crippen LogP contribution in [0, 0.1) is 0 Å². The van der Waals surface area contributed by atoms with Gasteiger partial charge < -0.3 is 19.3 Å². The quantitative estimate of drug-likeness (QED) is 0.845. The largest absolute Gasteiger partial charge is 0.494 e. The van der Waals surface area contributed by atoms with Crippen molar-refractivity contribution in [3.8, 4) is 5.75 Å². The van der Waals surface area contributed by atoms with Crippen LogP contribution in [0.25, 0.3) is 5.52 Å². The topological polar surface area (TPSA) is 59.3 Å². The molecule has 130 valence electrons. The third-order valence-electron chi connectivity index (χ3n) is 3.97. The van der Waals surface area contributed by atoms with Gasteiger partial charge in [0.2, 0.25) is 0 Å². The van der Waals surface area contributed by atoms with Crippen molar-refractivity contribution in [2.45, 2.75) is 26.4 Å². The summed E-state index contributed by atoms with van der Waals surface area (Å²) in [5.41, 5.74) is 0.468. The molecule has 7 heteroatoms. The minimum Gasteiger partial charge on any atom is -0.494 e. The molecule has 0 unspecified atom stereocenters. The molecule has 0 aromatic carbocycles. The highest BCUT2D eigenvalue weighted by Gasteiger charge is 2.26. The minimum absolute atomic E-state index is 0.249. The summed E-state index contributed by atoms with van der Waals surface area (Å²) >= 11 is 0. The Hall–Kier alpha value is -2.44. The molecule has 0 radical (unpaired) electrons. The number of methoxy groups -OCH3 is 1. The van der Waals surface area contributed by atoms with Crippen LogP contribution in [0.2, 0.25) is 0 Å². The second-order valence-electron chi connectivity index (χ2n) is 6.84. The van der Waals surface area contributed by atoms with E-state index in [0.717, 1.165) is 30.2 Å². The number of fused-ring (bicyclic) bond motifs is 1. The zero-order chi connectivity index (χ0) is 17.3. The van der Waals surface area contributed by atoms with Crippen LogP contribution >= 0.6 is 0 Å². The molecule has 0 spiro atoms. The molecule has 0 aliphatic carbocycles. The van der Waals surface area contributed by atoms with Gasteiger partial charge in [0, 0.05) is 26.2 Å². The van der Waals surface area contributed by atoms with Gasteiger partial charge in [-0.3, -0.25) is 0 Å². The summed E-state index contributed by atoms with van der Waals surface area (Å²) in [4.78, 5) is 16.1. The lowest BCUT2D eigenvalue weighted by Crippen LogP contribution is -2.50. The van der Waals surface area contributed by atoms with Crippen molar-refractivity contribution in [1.82, 2.24) is 14.5 Å². The van der Waals surface area contributed by atoms with Crippen molar-refractivity contribution < 1.29 is 14.3 Å². The molecule has 1 aliphatic heterocycles. The molecule has 0 N–H and O–H groups in total. The van der Waals surface area contributed by atoms with Gasteiger partial charge in [-0.25, -0.2) is 9.31 Å². The van der Waals surface area contributed by atoms with Gasteiger partial charge in [-0.05, 0) is 39.0 Å². The Morgan fingerprint density at radius 3 is 2.46 bits per heavy atom. The number of ether oxygens (including phenoxy) is 2.